The largest absolute Gasteiger partial charge is 0.484 e. The summed E-state index contributed by atoms with van der Waals surface area (Å²) in [5, 5.41) is 3.19. The van der Waals surface area contributed by atoms with Gasteiger partial charge < -0.3 is 10.1 Å². The van der Waals surface area contributed by atoms with Crippen molar-refractivity contribution in [1.29, 1.82) is 0 Å². The number of halogens is 2. The molecule has 2 rings (SSSR count). The van der Waals surface area contributed by atoms with Gasteiger partial charge in [-0.15, -0.1) is 0 Å². The van der Waals surface area contributed by atoms with Crippen LogP contribution in [-0.2, 0) is 4.79 Å². The molecule has 0 aromatic heterocycles. The van der Waals surface area contributed by atoms with Crippen molar-refractivity contribution in [2.24, 2.45) is 4.99 Å². The minimum Gasteiger partial charge on any atom is -0.484 e. The number of aliphatic imine (C=N–C) groups is 1. The average Bonchev–Trinajstić information content (AvgIpc) is 2.83. The van der Waals surface area contributed by atoms with Gasteiger partial charge in [0.25, 0.3) is 5.91 Å². The number of amidine groups is 1. The number of hydrogen-bond donors (Lipinski definition) is 1. The van der Waals surface area contributed by atoms with Crippen LogP contribution in [0.1, 0.15) is 0 Å². The molecule has 1 aromatic carbocycles. The highest BCUT2D eigenvalue weighted by atomic mass is 35.5. The van der Waals surface area contributed by atoms with Crippen LogP contribution >= 0.6 is 23.4 Å². The molecule has 1 aliphatic rings. The highest BCUT2D eigenvalue weighted by Gasteiger charge is 2.11. The van der Waals surface area contributed by atoms with Crippen LogP contribution < -0.4 is 10.1 Å². The topological polar surface area (TPSA) is 50.7 Å². The smallest absolute Gasteiger partial charge is 0.263 e. The Morgan fingerprint density at radius 3 is 3.11 bits per heavy atom. The predicted octanol–water partition coefficient (Wildman–Crippen LogP) is 2.08. The number of thioether (sulfide) groups is 1. The van der Waals surface area contributed by atoms with E-state index in [1.54, 1.807) is 0 Å². The zero-order chi connectivity index (χ0) is 13.0. The van der Waals surface area contributed by atoms with E-state index in [0.717, 1.165) is 5.75 Å². The van der Waals surface area contributed by atoms with E-state index in [2.05, 4.69) is 10.3 Å². The molecule has 96 valence electrons. The van der Waals surface area contributed by atoms with Gasteiger partial charge in [0.05, 0.1) is 11.6 Å². The van der Waals surface area contributed by atoms with Crippen molar-refractivity contribution in [1.82, 2.24) is 5.32 Å². The lowest BCUT2D eigenvalue weighted by atomic mass is 10.3. The number of nitrogens with zero attached hydrogens (tertiary/aromatic N) is 1. The number of hydrogen-bond acceptors (Lipinski definition) is 4. The summed E-state index contributed by atoms with van der Waals surface area (Å²) in [4.78, 5) is 15.6. The highest BCUT2D eigenvalue weighted by molar-refractivity contribution is 8.14. The van der Waals surface area contributed by atoms with Crippen LogP contribution in [-0.4, -0.2) is 30.0 Å². The van der Waals surface area contributed by atoms with E-state index in [4.69, 9.17) is 16.3 Å². The van der Waals surface area contributed by atoms with E-state index in [-0.39, 0.29) is 17.5 Å². The van der Waals surface area contributed by atoms with Crippen molar-refractivity contribution in [2.75, 3.05) is 18.9 Å². The van der Waals surface area contributed by atoms with Crippen molar-refractivity contribution in [2.45, 2.75) is 0 Å². The third-order valence-corrected chi connectivity index (χ3v) is 3.27. The molecule has 1 aliphatic heterocycles. The molecule has 4 nitrogen and oxygen atoms in total. The Kier molecular flexibility index (Phi) is 4.43. The first kappa shape index (κ1) is 13.2. The second-order valence-corrected chi connectivity index (χ2v) is 4.94. The van der Waals surface area contributed by atoms with Crippen LogP contribution in [0.2, 0.25) is 5.02 Å². The zero-order valence-corrected chi connectivity index (χ0v) is 10.9. The number of amides is 1. The van der Waals surface area contributed by atoms with Crippen molar-refractivity contribution in [3.05, 3.63) is 29.0 Å². The van der Waals surface area contributed by atoms with Crippen molar-refractivity contribution < 1.29 is 13.9 Å². The molecule has 1 amide bonds. The maximum atomic E-state index is 12.9. The number of carbonyl (C=O) groups is 1. The van der Waals surface area contributed by atoms with E-state index in [1.807, 2.05) is 0 Å². The summed E-state index contributed by atoms with van der Waals surface area (Å²) < 4.78 is 18.1. The molecular formula is C11H10ClFN2O2S. The first-order valence-electron chi connectivity index (χ1n) is 5.20. The van der Waals surface area contributed by atoms with Crippen LogP contribution in [0.4, 0.5) is 4.39 Å². The molecule has 0 bridgehead atoms. The first-order valence-corrected chi connectivity index (χ1v) is 6.56. The Labute approximate surface area is 113 Å². The quantitative estimate of drug-likeness (QED) is 0.926. The molecule has 0 unspecified atom stereocenters. The molecule has 1 aromatic rings. The van der Waals surface area contributed by atoms with E-state index < -0.39 is 5.82 Å². The summed E-state index contributed by atoms with van der Waals surface area (Å²) in [7, 11) is 0. The zero-order valence-electron chi connectivity index (χ0n) is 9.28. The highest BCUT2D eigenvalue weighted by Crippen LogP contribution is 2.20. The Morgan fingerprint density at radius 1 is 1.61 bits per heavy atom. The molecule has 0 radical (unpaired) electrons. The molecule has 0 aliphatic carbocycles. The van der Waals surface area contributed by atoms with E-state index in [9.17, 15) is 9.18 Å². The lowest BCUT2D eigenvalue weighted by molar-refractivity contribution is -0.121. The molecular weight excluding hydrogens is 279 g/mol. The van der Waals surface area contributed by atoms with Crippen LogP contribution in [0.25, 0.3) is 0 Å². The summed E-state index contributed by atoms with van der Waals surface area (Å²) >= 11 is 7.08. The molecule has 0 atom stereocenters. The van der Waals surface area contributed by atoms with Gasteiger partial charge in [0, 0.05) is 11.8 Å². The molecule has 0 fully saturated rings. The van der Waals surface area contributed by atoms with Crippen LogP contribution in [0, 0.1) is 5.82 Å². The number of benzene rings is 1. The first-order chi connectivity index (χ1) is 8.65. The maximum Gasteiger partial charge on any atom is 0.263 e. The summed E-state index contributed by atoms with van der Waals surface area (Å²) in [5.74, 6) is 0.399. The normalized spacial score (nSPS) is 14.2. The molecule has 1 N–H and O–H groups in total. The van der Waals surface area contributed by atoms with Crippen LogP contribution in [0.15, 0.2) is 23.2 Å². The van der Waals surface area contributed by atoms with Crippen LogP contribution in [0.5, 0.6) is 5.75 Å². The van der Waals surface area contributed by atoms with Crippen LogP contribution in [0.3, 0.4) is 0 Å². The fraction of sp³-hybridized carbons (Fsp3) is 0.273. The van der Waals surface area contributed by atoms with Crippen molar-refractivity contribution in [3.63, 3.8) is 0 Å². The van der Waals surface area contributed by atoms with E-state index in [1.165, 1.54) is 30.0 Å². The number of nitrogens with one attached hydrogen (secondary N) is 1. The Balaban J connectivity index is 1.83. The molecule has 18 heavy (non-hydrogen) atoms. The summed E-state index contributed by atoms with van der Waals surface area (Å²) in [5.41, 5.74) is 0. The molecule has 0 spiro atoms. The second-order valence-electron chi connectivity index (χ2n) is 3.45. The fourth-order valence-electron chi connectivity index (χ4n) is 1.28. The monoisotopic (exact) mass is 288 g/mol. The number of rotatable bonds is 3. The van der Waals surface area contributed by atoms with Gasteiger partial charge in [0.2, 0.25) is 0 Å². The van der Waals surface area contributed by atoms with E-state index in [0.29, 0.717) is 17.5 Å². The lowest BCUT2D eigenvalue weighted by Gasteiger charge is -2.07. The van der Waals surface area contributed by atoms with Gasteiger partial charge in [-0.25, -0.2) is 4.39 Å². The average molecular weight is 289 g/mol. The summed E-state index contributed by atoms with van der Waals surface area (Å²) in [6.07, 6.45) is 0. The predicted molar refractivity (Wildman–Crippen MR) is 69.8 cm³/mol. The standard InChI is InChI=1S/C11H10ClFN2O2S/c12-8-5-7(1-2-9(8)13)17-6-10(16)15-11-14-3-4-18-11/h1-2,5H,3-4,6H2,(H,14,15,16). The van der Waals surface area contributed by atoms with Crippen molar-refractivity contribution >= 4 is 34.4 Å². The molecule has 1 heterocycles. The van der Waals surface area contributed by atoms with Crippen molar-refractivity contribution in [3.8, 4) is 5.75 Å². The van der Waals surface area contributed by atoms with Gasteiger partial charge in [-0.2, -0.15) is 0 Å². The molecule has 0 saturated carbocycles. The Bertz CT molecular complexity index is 496. The third-order valence-electron chi connectivity index (χ3n) is 2.09. The van der Waals surface area contributed by atoms with Gasteiger partial charge >= 0.3 is 0 Å². The summed E-state index contributed by atoms with van der Waals surface area (Å²) in [6, 6.07) is 3.93. The Morgan fingerprint density at radius 2 is 2.44 bits per heavy atom. The van der Waals surface area contributed by atoms with Gasteiger partial charge in [0.15, 0.2) is 11.8 Å². The fourth-order valence-corrected chi connectivity index (χ4v) is 2.20. The van der Waals surface area contributed by atoms with Gasteiger partial charge in [0.1, 0.15) is 11.6 Å². The Hall–Kier alpha value is -1.27. The molecule has 7 heteroatoms. The van der Waals surface area contributed by atoms with Gasteiger partial charge in [-0.05, 0) is 12.1 Å². The maximum absolute atomic E-state index is 12.9. The SMILES string of the molecule is O=C(COc1ccc(F)c(Cl)c1)NC1=NCCS1. The minimum atomic E-state index is -0.523. The third kappa shape index (κ3) is 3.61. The minimum absolute atomic E-state index is 0.0383. The van der Waals surface area contributed by atoms with Gasteiger partial charge in [-0.1, -0.05) is 23.4 Å². The number of ether oxygens (including phenoxy) is 1. The summed E-state index contributed by atoms with van der Waals surface area (Å²) in [6.45, 7) is 0.552. The molecule has 0 saturated heterocycles. The lowest BCUT2D eigenvalue weighted by Crippen LogP contribution is -2.32. The van der Waals surface area contributed by atoms with Gasteiger partial charge in [-0.3, -0.25) is 9.79 Å². The van der Waals surface area contributed by atoms with E-state index >= 15 is 0 Å². The second kappa shape index (κ2) is 6.06. The number of carbonyl (C=O) groups excluding carboxylic acids is 1.